The first kappa shape index (κ1) is 20.4. The van der Waals surface area contributed by atoms with Gasteiger partial charge in [0.15, 0.2) is 0 Å². The fourth-order valence-electron chi connectivity index (χ4n) is 3.39. The summed E-state index contributed by atoms with van der Waals surface area (Å²) in [4.78, 5) is 23.0. The molecule has 0 unspecified atom stereocenters. The van der Waals surface area contributed by atoms with E-state index in [0.717, 1.165) is 35.3 Å². The van der Waals surface area contributed by atoms with E-state index in [1.54, 1.807) is 6.20 Å². The van der Waals surface area contributed by atoms with Gasteiger partial charge in [-0.1, -0.05) is 48.2 Å². The van der Waals surface area contributed by atoms with E-state index in [9.17, 15) is 4.79 Å². The molecule has 5 nitrogen and oxygen atoms in total. The standard InChI is InChI=1S/C24H25N3O2S/c28-24(22-12-7-13-25-23(22)30-21-10-5-2-6-11-21)27-16-14-26(15-17-27)18-19-29-20-8-3-1-4-9-20/h1-13H,14-19H2. The van der Waals surface area contributed by atoms with E-state index < -0.39 is 0 Å². The van der Waals surface area contributed by atoms with E-state index in [2.05, 4.69) is 9.88 Å². The normalized spacial score (nSPS) is 14.5. The minimum absolute atomic E-state index is 0.0571. The highest BCUT2D eigenvalue weighted by Crippen LogP contribution is 2.29. The third-order valence-corrected chi connectivity index (χ3v) is 6.06. The summed E-state index contributed by atoms with van der Waals surface area (Å²) < 4.78 is 5.79. The van der Waals surface area contributed by atoms with Crippen molar-refractivity contribution >= 4 is 17.7 Å². The lowest BCUT2D eigenvalue weighted by Gasteiger charge is -2.34. The van der Waals surface area contributed by atoms with Gasteiger partial charge < -0.3 is 9.64 Å². The van der Waals surface area contributed by atoms with Gasteiger partial charge in [-0.2, -0.15) is 0 Å². The number of pyridine rings is 1. The second-order valence-corrected chi connectivity index (χ2v) is 8.13. The lowest BCUT2D eigenvalue weighted by Crippen LogP contribution is -2.49. The van der Waals surface area contributed by atoms with Gasteiger partial charge in [0.05, 0.1) is 5.56 Å². The van der Waals surface area contributed by atoms with Crippen LogP contribution in [0.25, 0.3) is 0 Å². The maximum absolute atomic E-state index is 13.1. The number of hydrogen-bond donors (Lipinski definition) is 0. The van der Waals surface area contributed by atoms with Crippen LogP contribution in [0, 0.1) is 0 Å². The van der Waals surface area contributed by atoms with Crippen LogP contribution in [0.3, 0.4) is 0 Å². The van der Waals surface area contributed by atoms with Gasteiger partial charge in [-0.05, 0) is 36.4 Å². The van der Waals surface area contributed by atoms with Crippen LogP contribution in [-0.4, -0.2) is 60.0 Å². The largest absolute Gasteiger partial charge is 0.492 e. The number of nitrogens with zero attached hydrogens (tertiary/aromatic N) is 3. The minimum Gasteiger partial charge on any atom is -0.492 e. The molecule has 154 valence electrons. The third-order valence-electron chi connectivity index (χ3n) is 5.04. The molecule has 1 aromatic heterocycles. The smallest absolute Gasteiger partial charge is 0.256 e. The maximum atomic E-state index is 13.1. The average molecular weight is 420 g/mol. The Balaban J connectivity index is 1.30. The molecule has 0 N–H and O–H groups in total. The second-order valence-electron chi connectivity index (χ2n) is 7.07. The summed E-state index contributed by atoms with van der Waals surface area (Å²) >= 11 is 1.53. The second kappa shape index (κ2) is 10.3. The average Bonchev–Trinajstić information content (AvgIpc) is 2.81. The molecule has 4 rings (SSSR count). The number of carbonyl (C=O) groups is 1. The number of para-hydroxylation sites is 1. The molecule has 0 atom stereocenters. The van der Waals surface area contributed by atoms with Crippen LogP contribution in [0.2, 0.25) is 0 Å². The highest BCUT2D eigenvalue weighted by Gasteiger charge is 2.24. The molecule has 2 aromatic carbocycles. The number of ether oxygens (including phenoxy) is 1. The van der Waals surface area contributed by atoms with Crippen molar-refractivity contribution in [2.75, 3.05) is 39.3 Å². The van der Waals surface area contributed by atoms with Crippen molar-refractivity contribution in [2.24, 2.45) is 0 Å². The van der Waals surface area contributed by atoms with Crippen LogP contribution in [0.1, 0.15) is 10.4 Å². The van der Waals surface area contributed by atoms with E-state index in [4.69, 9.17) is 4.74 Å². The van der Waals surface area contributed by atoms with Gasteiger partial charge in [-0.25, -0.2) is 4.98 Å². The molecule has 2 heterocycles. The molecule has 1 aliphatic heterocycles. The molecular weight excluding hydrogens is 394 g/mol. The topological polar surface area (TPSA) is 45.7 Å². The number of benzene rings is 2. The van der Waals surface area contributed by atoms with Crippen LogP contribution in [0.5, 0.6) is 5.75 Å². The van der Waals surface area contributed by atoms with Gasteiger partial charge >= 0.3 is 0 Å². The van der Waals surface area contributed by atoms with Crippen molar-refractivity contribution < 1.29 is 9.53 Å². The minimum atomic E-state index is 0.0571. The predicted octanol–water partition coefficient (Wildman–Crippen LogP) is 4.07. The lowest BCUT2D eigenvalue weighted by molar-refractivity contribution is 0.0616. The van der Waals surface area contributed by atoms with E-state index in [-0.39, 0.29) is 5.91 Å². The number of carbonyl (C=O) groups excluding carboxylic acids is 1. The molecule has 30 heavy (non-hydrogen) atoms. The molecule has 0 saturated carbocycles. The number of rotatable bonds is 7. The summed E-state index contributed by atoms with van der Waals surface area (Å²) in [5, 5.41) is 0.757. The molecule has 0 bridgehead atoms. The first-order valence-corrected chi connectivity index (χ1v) is 11.0. The Morgan fingerprint density at radius 1 is 0.900 bits per heavy atom. The molecule has 1 fully saturated rings. The molecule has 0 spiro atoms. The van der Waals surface area contributed by atoms with E-state index in [1.165, 1.54) is 11.8 Å². The summed E-state index contributed by atoms with van der Waals surface area (Å²) in [5.41, 5.74) is 0.673. The zero-order valence-electron chi connectivity index (χ0n) is 16.8. The van der Waals surface area contributed by atoms with Crippen molar-refractivity contribution in [2.45, 2.75) is 9.92 Å². The zero-order chi connectivity index (χ0) is 20.6. The highest BCUT2D eigenvalue weighted by molar-refractivity contribution is 7.99. The predicted molar refractivity (Wildman–Crippen MR) is 119 cm³/mol. The van der Waals surface area contributed by atoms with Crippen molar-refractivity contribution in [3.05, 3.63) is 84.6 Å². The van der Waals surface area contributed by atoms with Crippen molar-refractivity contribution in [3.63, 3.8) is 0 Å². The molecule has 1 saturated heterocycles. The summed E-state index contributed by atoms with van der Waals surface area (Å²) in [5.74, 6) is 0.952. The Labute approximate surface area is 181 Å². The highest BCUT2D eigenvalue weighted by atomic mass is 32.2. The molecule has 1 amide bonds. The molecule has 6 heteroatoms. The molecule has 0 radical (unpaired) electrons. The first-order valence-electron chi connectivity index (χ1n) is 10.2. The van der Waals surface area contributed by atoms with Gasteiger partial charge in [-0.15, -0.1) is 0 Å². The first-order chi connectivity index (χ1) is 14.8. The number of hydrogen-bond acceptors (Lipinski definition) is 5. The fraction of sp³-hybridized carbons (Fsp3) is 0.250. The van der Waals surface area contributed by atoms with Gasteiger partial charge in [-0.3, -0.25) is 9.69 Å². The number of amides is 1. The Morgan fingerprint density at radius 2 is 1.60 bits per heavy atom. The van der Waals surface area contributed by atoms with Crippen LogP contribution in [-0.2, 0) is 0 Å². The number of aromatic nitrogens is 1. The Hall–Kier alpha value is -2.83. The summed E-state index contributed by atoms with van der Waals surface area (Å²) in [7, 11) is 0. The molecular formula is C24H25N3O2S. The molecule has 0 aliphatic carbocycles. The zero-order valence-corrected chi connectivity index (χ0v) is 17.6. The molecule has 1 aliphatic rings. The summed E-state index contributed by atoms with van der Waals surface area (Å²) in [6.07, 6.45) is 1.74. The van der Waals surface area contributed by atoms with Gasteiger partial charge in [0, 0.05) is 43.8 Å². The van der Waals surface area contributed by atoms with Crippen molar-refractivity contribution in [1.29, 1.82) is 0 Å². The fourth-order valence-corrected chi connectivity index (χ4v) is 4.28. The van der Waals surface area contributed by atoms with E-state index >= 15 is 0 Å². The van der Waals surface area contributed by atoms with Crippen LogP contribution >= 0.6 is 11.8 Å². The Morgan fingerprint density at radius 3 is 2.33 bits per heavy atom. The van der Waals surface area contributed by atoms with Crippen LogP contribution in [0.15, 0.2) is 88.9 Å². The van der Waals surface area contributed by atoms with Gasteiger partial charge in [0.1, 0.15) is 17.4 Å². The maximum Gasteiger partial charge on any atom is 0.256 e. The third kappa shape index (κ3) is 5.40. The summed E-state index contributed by atoms with van der Waals surface area (Å²) in [6.45, 7) is 4.65. The van der Waals surface area contributed by atoms with Crippen molar-refractivity contribution in [3.8, 4) is 5.75 Å². The van der Waals surface area contributed by atoms with Crippen LogP contribution < -0.4 is 4.74 Å². The van der Waals surface area contributed by atoms with E-state index in [1.807, 2.05) is 77.7 Å². The number of piperazine rings is 1. The monoisotopic (exact) mass is 419 g/mol. The SMILES string of the molecule is O=C(c1cccnc1Sc1ccccc1)N1CCN(CCOc2ccccc2)CC1. The Bertz CT molecular complexity index is 945. The van der Waals surface area contributed by atoms with Crippen LogP contribution in [0.4, 0.5) is 0 Å². The Kier molecular flexibility index (Phi) is 7.00. The molecule has 3 aromatic rings. The summed E-state index contributed by atoms with van der Waals surface area (Å²) in [6, 6.07) is 23.6. The van der Waals surface area contributed by atoms with E-state index in [0.29, 0.717) is 25.3 Å². The quantitative estimate of drug-likeness (QED) is 0.578. The van der Waals surface area contributed by atoms with Crippen molar-refractivity contribution in [1.82, 2.24) is 14.8 Å². The van der Waals surface area contributed by atoms with Gasteiger partial charge in [0.25, 0.3) is 5.91 Å². The lowest BCUT2D eigenvalue weighted by atomic mass is 10.2. The van der Waals surface area contributed by atoms with Gasteiger partial charge in [0.2, 0.25) is 0 Å².